The van der Waals surface area contributed by atoms with Gasteiger partial charge in [0.2, 0.25) is 0 Å². The van der Waals surface area contributed by atoms with E-state index >= 15 is 4.39 Å². The number of hydrogen-bond acceptors (Lipinski definition) is 5. The SMILES string of the molecule is O=S1(=O)NCCN1C[C@@H]1CCC[C@@]2(S(=O)(=O)c3ccc(C(F)(F)F)cc3)c3c(F)ccc(F)c3OC[C@@H]12. The van der Waals surface area contributed by atoms with Crippen molar-refractivity contribution in [1.82, 2.24) is 9.03 Å². The zero-order valence-electron chi connectivity index (χ0n) is 19.3. The Morgan fingerprint density at radius 1 is 1.08 bits per heavy atom. The third-order valence-electron chi connectivity index (χ3n) is 7.58. The first-order valence-corrected chi connectivity index (χ1v) is 14.5. The average Bonchev–Trinajstić information content (AvgIpc) is 3.18. The second kappa shape index (κ2) is 8.89. The van der Waals surface area contributed by atoms with Crippen molar-refractivity contribution in [3.8, 4) is 5.75 Å². The van der Waals surface area contributed by atoms with E-state index in [-0.39, 0.29) is 39.1 Å². The van der Waals surface area contributed by atoms with Gasteiger partial charge in [0.05, 0.1) is 22.6 Å². The van der Waals surface area contributed by atoms with Gasteiger partial charge in [0.15, 0.2) is 21.4 Å². The lowest BCUT2D eigenvalue weighted by molar-refractivity contribution is -0.137. The highest BCUT2D eigenvalue weighted by molar-refractivity contribution is 7.92. The summed E-state index contributed by atoms with van der Waals surface area (Å²) in [6.07, 6.45) is -4.21. The Labute approximate surface area is 210 Å². The van der Waals surface area contributed by atoms with E-state index in [1.807, 2.05) is 0 Å². The summed E-state index contributed by atoms with van der Waals surface area (Å²) in [6.45, 7) is -0.0718. The van der Waals surface area contributed by atoms with Crippen LogP contribution in [0.4, 0.5) is 22.0 Å². The van der Waals surface area contributed by atoms with Gasteiger partial charge in [-0.3, -0.25) is 0 Å². The van der Waals surface area contributed by atoms with Crippen LogP contribution in [-0.2, 0) is 31.0 Å². The van der Waals surface area contributed by atoms with Gasteiger partial charge in [-0.2, -0.15) is 25.9 Å². The van der Waals surface area contributed by atoms with Crippen molar-refractivity contribution >= 4 is 20.0 Å². The molecule has 2 aliphatic heterocycles. The molecule has 2 heterocycles. The number of hydrogen-bond donors (Lipinski definition) is 1. The molecule has 2 aromatic rings. The second-order valence-electron chi connectivity index (χ2n) is 9.48. The van der Waals surface area contributed by atoms with Crippen LogP contribution in [0.3, 0.4) is 0 Å². The number of ether oxygens (including phenoxy) is 1. The largest absolute Gasteiger partial charge is 0.490 e. The monoisotopic (exact) mass is 566 g/mol. The molecule has 2 aromatic carbocycles. The molecule has 0 aromatic heterocycles. The number of nitrogens with one attached hydrogen (secondary N) is 1. The van der Waals surface area contributed by atoms with Crippen molar-refractivity contribution in [1.29, 1.82) is 0 Å². The van der Waals surface area contributed by atoms with Crippen molar-refractivity contribution in [3.05, 3.63) is 59.2 Å². The fraction of sp³-hybridized carbons (Fsp3) is 0.478. The molecule has 3 atom stereocenters. The summed E-state index contributed by atoms with van der Waals surface area (Å²) in [6, 6.07) is 4.49. The normalized spacial score (nSPS) is 27.8. The number of benzene rings is 2. The Hall–Kier alpha value is -2.29. The van der Waals surface area contributed by atoms with Crippen LogP contribution in [0, 0.1) is 23.5 Å². The molecule has 14 heteroatoms. The molecule has 5 rings (SSSR count). The molecule has 1 saturated heterocycles. The van der Waals surface area contributed by atoms with Crippen LogP contribution in [0.2, 0.25) is 0 Å². The van der Waals surface area contributed by atoms with Crippen LogP contribution >= 0.6 is 0 Å². The molecule has 1 aliphatic carbocycles. The second-order valence-corrected chi connectivity index (χ2v) is 13.4. The Morgan fingerprint density at radius 3 is 2.38 bits per heavy atom. The van der Waals surface area contributed by atoms with Crippen LogP contribution in [0.15, 0.2) is 41.3 Å². The topological polar surface area (TPSA) is 92.8 Å². The number of fused-ring (bicyclic) bond motifs is 3. The lowest BCUT2D eigenvalue weighted by Gasteiger charge is -2.50. The van der Waals surface area contributed by atoms with Gasteiger partial charge in [-0.15, -0.1) is 0 Å². The van der Waals surface area contributed by atoms with E-state index in [4.69, 9.17) is 4.74 Å². The molecular formula is C23H23F5N2O5S2. The molecule has 0 unspecified atom stereocenters. The first-order valence-electron chi connectivity index (χ1n) is 11.6. The van der Waals surface area contributed by atoms with Crippen LogP contribution < -0.4 is 9.46 Å². The summed E-state index contributed by atoms with van der Waals surface area (Å²) < 4.78 is 130. The third kappa shape index (κ3) is 4.12. The van der Waals surface area contributed by atoms with Crippen molar-refractivity contribution in [2.45, 2.75) is 35.1 Å². The van der Waals surface area contributed by atoms with Gasteiger partial charge < -0.3 is 4.74 Å². The number of rotatable bonds is 4. The van der Waals surface area contributed by atoms with E-state index in [1.165, 1.54) is 4.31 Å². The molecule has 7 nitrogen and oxygen atoms in total. The highest BCUT2D eigenvalue weighted by atomic mass is 32.2. The Morgan fingerprint density at radius 2 is 1.76 bits per heavy atom. The fourth-order valence-electron chi connectivity index (χ4n) is 5.90. The molecule has 202 valence electrons. The van der Waals surface area contributed by atoms with Gasteiger partial charge in [0.25, 0.3) is 10.2 Å². The number of sulfone groups is 1. The number of alkyl halides is 3. The van der Waals surface area contributed by atoms with Crippen molar-refractivity contribution < 1.29 is 43.5 Å². The minimum absolute atomic E-state index is 0.0695. The van der Waals surface area contributed by atoms with Crippen molar-refractivity contribution in [3.63, 3.8) is 0 Å². The summed E-state index contributed by atoms with van der Waals surface area (Å²) >= 11 is 0. The quantitative estimate of drug-likeness (QED) is 0.571. The average molecular weight is 567 g/mol. The highest BCUT2D eigenvalue weighted by Crippen LogP contribution is 2.58. The molecule has 0 bridgehead atoms. The van der Waals surface area contributed by atoms with E-state index in [0.29, 0.717) is 18.6 Å². The van der Waals surface area contributed by atoms with Crippen LogP contribution in [0.1, 0.15) is 30.4 Å². The zero-order valence-corrected chi connectivity index (χ0v) is 20.9. The van der Waals surface area contributed by atoms with Crippen molar-refractivity contribution in [2.24, 2.45) is 11.8 Å². The van der Waals surface area contributed by atoms with E-state index < -0.39 is 76.2 Å². The number of nitrogens with zero attached hydrogens (tertiary/aromatic N) is 1. The predicted molar refractivity (Wildman–Crippen MR) is 121 cm³/mol. The first kappa shape index (κ1) is 26.3. The van der Waals surface area contributed by atoms with Crippen LogP contribution in [0.5, 0.6) is 5.75 Å². The van der Waals surface area contributed by atoms with Gasteiger partial charge in [-0.05, 0) is 55.2 Å². The number of halogens is 5. The molecule has 2 fully saturated rings. The smallest absolute Gasteiger partial charge is 0.416 e. The predicted octanol–water partition coefficient (Wildman–Crippen LogP) is 3.61. The van der Waals surface area contributed by atoms with Gasteiger partial charge in [0, 0.05) is 25.6 Å². The maximum absolute atomic E-state index is 15.4. The van der Waals surface area contributed by atoms with Crippen LogP contribution in [-0.4, -0.2) is 47.4 Å². The van der Waals surface area contributed by atoms with Gasteiger partial charge in [-0.1, -0.05) is 6.42 Å². The van der Waals surface area contributed by atoms with E-state index in [0.717, 1.165) is 24.3 Å². The van der Waals surface area contributed by atoms with Gasteiger partial charge >= 0.3 is 6.18 Å². The minimum atomic E-state index is -4.70. The van der Waals surface area contributed by atoms with Crippen LogP contribution in [0.25, 0.3) is 0 Å². The van der Waals surface area contributed by atoms with Gasteiger partial charge in [-0.25, -0.2) is 21.9 Å². The molecule has 0 amide bonds. The summed E-state index contributed by atoms with van der Waals surface area (Å²) in [5.41, 5.74) is -1.56. The molecule has 0 spiro atoms. The summed E-state index contributed by atoms with van der Waals surface area (Å²) in [4.78, 5) is -0.474. The Bertz CT molecular complexity index is 1430. The molecule has 1 saturated carbocycles. The zero-order chi connectivity index (χ0) is 26.8. The van der Waals surface area contributed by atoms with Gasteiger partial charge in [0.1, 0.15) is 10.6 Å². The Balaban J connectivity index is 1.68. The fourth-order valence-corrected chi connectivity index (χ4v) is 9.60. The maximum Gasteiger partial charge on any atom is 0.416 e. The van der Waals surface area contributed by atoms with Crippen molar-refractivity contribution in [2.75, 3.05) is 26.2 Å². The summed E-state index contributed by atoms with van der Waals surface area (Å²) in [5.74, 6) is -4.14. The van der Waals surface area contributed by atoms with E-state index in [9.17, 15) is 34.4 Å². The summed E-state index contributed by atoms with van der Waals surface area (Å²) in [7, 11) is -8.40. The van der Waals surface area contributed by atoms with E-state index in [2.05, 4.69) is 4.72 Å². The highest BCUT2D eigenvalue weighted by Gasteiger charge is 2.61. The molecular weight excluding hydrogens is 543 g/mol. The first-order chi connectivity index (χ1) is 17.3. The Kier molecular flexibility index (Phi) is 6.32. The lowest BCUT2D eigenvalue weighted by atomic mass is 9.67. The molecule has 1 N–H and O–H groups in total. The lowest BCUT2D eigenvalue weighted by Crippen LogP contribution is -2.56. The standard InChI is InChI=1S/C23H23F5N2O5S2/c24-18-7-8-19(25)21-20(18)22(36(31,32)16-5-3-15(4-6-16)23(26,27)28)9-1-2-14(17(22)13-35-21)12-30-11-10-29-37(30,33)34/h3-8,14,17,29H,1-2,9-13H2/t14-,17-,22-/m0/s1. The molecule has 37 heavy (non-hydrogen) atoms. The minimum Gasteiger partial charge on any atom is -0.490 e. The maximum atomic E-state index is 15.4. The third-order valence-corrected chi connectivity index (χ3v) is 11.7. The summed E-state index contributed by atoms with van der Waals surface area (Å²) in [5, 5.41) is 0. The van der Waals surface area contributed by atoms with E-state index in [1.54, 1.807) is 0 Å². The molecule has 3 aliphatic rings. The molecule has 0 radical (unpaired) electrons.